The van der Waals surface area contributed by atoms with E-state index in [0.29, 0.717) is 6.54 Å². The fourth-order valence-corrected chi connectivity index (χ4v) is 5.57. The minimum atomic E-state index is -0.869. The number of aliphatic hydroxyl groups is 2. The Morgan fingerprint density at radius 3 is 2.44 bits per heavy atom. The van der Waals surface area contributed by atoms with Crippen molar-refractivity contribution < 1.29 is 29.1 Å². The summed E-state index contributed by atoms with van der Waals surface area (Å²) in [7, 11) is 4.27. The highest BCUT2D eigenvalue weighted by Crippen LogP contribution is 2.32. The first-order valence-corrected chi connectivity index (χ1v) is 14.1. The second-order valence-electron chi connectivity index (χ2n) is 11.2. The SMILES string of the molecule is CC(O)C1C(CO)ON(Cc2cccc(CN(CC[NH+](C)C)Cc3ccccc3-c3ccc(F)cc3)c2)C1C(N)=O. The van der Waals surface area contributed by atoms with Crippen LogP contribution in [-0.2, 0) is 29.3 Å². The molecule has 1 amide bonds. The number of halogens is 1. The molecule has 1 aliphatic rings. The van der Waals surface area contributed by atoms with Crippen molar-refractivity contribution in [3.63, 3.8) is 0 Å². The summed E-state index contributed by atoms with van der Waals surface area (Å²) in [4.78, 5) is 21.9. The Labute approximate surface area is 241 Å². The molecule has 8 nitrogen and oxygen atoms in total. The third kappa shape index (κ3) is 7.97. The molecule has 9 heteroatoms. The smallest absolute Gasteiger partial charge is 0.237 e. The van der Waals surface area contributed by atoms with Crippen LogP contribution < -0.4 is 10.6 Å². The van der Waals surface area contributed by atoms with Crippen molar-refractivity contribution in [3.8, 4) is 11.1 Å². The van der Waals surface area contributed by atoms with Crippen LogP contribution in [0.5, 0.6) is 0 Å². The summed E-state index contributed by atoms with van der Waals surface area (Å²) in [6, 6.07) is 22.1. The van der Waals surface area contributed by atoms with Crippen LogP contribution in [-0.4, -0.2) is 78.1 Å². The van der Waals surface area contributed by atoms with Gasteiger partial charge in [0, 0.05) is 25.6 Å². The number of nitrogens with two attached hydrogens (primary N) is 1. The third-order valence-corrected chi connectivity index (χ3v) is 7.63. The van der Waals surface area contributed by atoms with Gasteiger partial charge in [-0.05, 0) is 46.9 Å². The molecule has 3 aromatic rings. The number of carbonyl (C=O) groups is 1. The number of nitrogens with one attached hydrogen (secondary N) is 1. The molecule has 4 unspecified atom stereocenters. The molecule has 3 aromatic carbocycles. The van der Waals surface area contributed by atoms with Gasteiger partial charge in [-0.3, -0.25) is 14.5 Å². The molecule has 41 heavy (non-hydrogen) atoms. The van der Waals surface area contributed by atoms with Crippen LogP contribution in [0.2, 0.25) is 0 Å². The summed E-state index contributed by atoms with van der Waals surface area (Å²) in [6.07, 6.45) is -1.58. The quantitative estimate of drug-likeness (QED) is 0.251. The molecule has 220 valence electrons. The average Bonchev–Trinajstić information content (AvgIpc) is 3.31. The molecule has 0 spiro atoms. The fourth-order valence-electron chi connectivity index (χ4n) is 5.57. The van der Waals surface area contributed by atoms with Crippen LogP contribution in [0.25, 0.3) is 11.1 Å². The van der Waals surface area contributed by atoms with Crippen LogP contribution in [0.3, 0.4) is 0 Å². The summed E-state index contributed by atoms with van der Waals surface area (Å²) >= 11 is 0. The summed E-state index contributed by atoms with van der Waals surface area (Å²) in [6.45, 7) is 4.80. The largest absolute Gasteiger partial charge is 0.394 e. The van der Waals surface area contributed by atoms with Crippen LogP contribution in [0.4, 0.5) is 4.39 Å². The second kappa shape index (κ2) is 14.1. The highest BCUT2D eigenvalue weighted by molar-refractivity contribution is 5.80. The summed E-state index contributed by atoms with van der Waals surface area (Å²) in [5.41, 5.74) is 11.0. The first kappa shape index (κ1) is 30.8. The number of amides is 1. The van der Waals surface area contributed by atoms with Gasteiger partial charge in [0.05, 0.1) is 39.9 Å². The molecule has 0 radical (unpaired) electrons. The van der Waals surface area contributed by atoms with Crippen LogP contribution >= 0.6 is 0 Å². The molecular formula is C32H42FN4O4+. The predicted octanol–water partition coefficient (Wildman–Crippen LogP) is 1.60. The Balaban J connectivity index is 1.54. The van der Waals surface area contributed by atoms with Gasteiger partial charge < -0.3 is 20.8 Å². The summed E-state index contributed by atoms with van der Waals surface area (Å²) in [5.74, 6) is -1.47. The number of benzene rings is 3. The number of quaternary nitrogens is 1. The summed E-state index contributed by atoms with van der Waals surface area (Å²) in [5, 5.41) is 21.5. The molecule has 4 atom stereocenters. The molecule has 1 aliphatic heterocycles. The predicted molar refractivity (Wildman–Crippen MR) is 156 cm³/mol. The molecule has 0 aromatic heterocycles. The van der Waals surface area contributed by atoms with Gasteiger partial charge in [-0.25, -0.2) is 4.39 Å². The molecular weight excluding hydrogens is 523 g/mol. The van der Waals surface area contributed by atoms with Gasteiger partial charge in [-0.15, -0.1) is 0 Å². The lowest BCUT2D eigenvalue weighted by molar-refractivity contribution is -0.857. The van der Waals surface area contributed by atoms with E-state index in [1.807, 2.05) is 36.4 Å². The van der Waals surface area contributed by atoms with E-state index >= 15 is 0 Å². The lowest BCUT2D eigenvalue weighted by atomic mass is 9.89. The molecule has 0 bridgehead atoms. The minimum Gasteiger partial charge on any atom is -0.394 e. The van der Waals surface area contributed by atoms with E-state index in [2.05, 4.69) is 43.3 Å². The Morgan fingerprint density at radius 2 is 1.78 bits per heavy atom. The molecule has 1 fully saturated rings. The van der Waals surface area contributed by atoms with Crippen molar-refractivity contribution in [1.82, 2.24) is 9.96 Å². The standard InChI is InChI=1S/C32H41FN4O4/c1-22(39)30-29(21-38)41-37(31(30)32(34)40)19-24-8-6-7-23(17-24)18-36(16-15-35(2)3)20-26-9-4-5-10-28(26)25-11-13-27(33)14-12-25/h4-14,17,22,29-31,38-39H,15-16,18-21H2,1-3H3,(H2,34,40)/p+1. The third-order valence-electron chi connectivity index (χ3n) is 7.63. The number of nitrogens with zero attached hydrogens (tertiary/aromatic N) is 2. The maximum atomic E-state index is 13.6. The van der Waals surface area contributed by atoms with Crippen LogP contribution in [0.1, 0.15) is 23.6 Å². The van der Waals surface area contributed by atoms with E-state index in [1.165, 1.54) is 22.1 Å². The van der Waals surface area contributed by atoms with Crippen molar-refractivity contribution >= 4 is 5.91 Å². The second-order valence-corrected chi connectivity index (χ2v) is 11.2. The number of carbonyl (C=O) groups excluding carboxylic acids is 1. The maximum Gasteiger partial charge on any atom is 0.237 e. The average molecular weight is 566 g/mol. The van der Waals surface area contributed by atoms with Gasteiger partial charge >= 0.3 is 0 Å². The first-order valence-electron chi connectivity index (χ1n) is 14.1. The Morgan fingerprint density at radius 1 is 1.07 bits per heavy atom. The van der Waals surface area contributed by atoms with E-state index in [0.717, 1.165) is 47.5 Å². The minimum absolute atomic E-state index is 0.253. The maximum absolute atomic E-state index is 13.6. The lowest BCUT2D eigenvalue weighted by Crippen LogP contribution is -3.06. The normalized spacial score (nSPS) is 20.1. The summed E-state index contributed by atoms with van der Waals surface area (Å²) < 4.78 is 13.6. The van der Waals surface area contributed by atoms with Crippen molar-refractivity contribution in [2.75, 3.05) is 33.8 Å². The molecule has 0 saturated carbocycles. The van der Waals surface area contributed by atoms with Crippen molar-refractivity contribution in [2.24, 2.45) is 11.7 Å². The van der Waals surface area contributed by atoms with Gasteiger partial charge in [0.2, 0.25) is 5.91 Å². The van der Waals surface area contributed by atoms with Crippen LogP contribution in [0.15, 0.2) is 72.8 Å². The topological polar surface area (TPSA) is 104 Å². The van der Waals surface area contributed by atoms with Gasteiger partial charge in [-0.2, -0.15) is 5.06 Å². The highest BCUT2D eigenvalue weighted by Gasteiger charge is 2.48. The fraction of sp³-hybridized carbons (Fsp3) is 0.406. The number of hydrogen-bond acceptors (Lipinski definition) is 6. The van der Waals surface area contributed by atoms with Gasteiger partial charge in [0.15, 0.2) is 0 Å². The Bertz CT molecular complexity index is 1290. The molecule has 5 N–H and O–H groups in total. The monoisotopic (exact) mass is 565 g/mol. The Kier molecular flexibility index (Phi) is 10.6. The zero-order valence-electron chi connectivity index (χ0n) is 24.0. The lowest BCUT2D eigenvalue weighted by Gasteiger charge is -2.26. The van der Waals surface area contributed by atoms with E-state index in [1.54, 1.807) is 6.92 Å². The van der Waals surface area contributed by atoms with Crippen LogP contribution in [0, 0.1) is 11.7 Å². The van der Waals surface area contributed by atoms with Gasteiger partial charge in [0.1, 0.15) is 18.0 Å². The Hall–Kier alpha value is -3.18. The molecule has 0 aliphatic carbocycles. The number of hydroxylamine groups is 2. The number of rotatable bonds is 13. The number of aliphatic hydroxyl groups excluding tert-OH is 2. The van der Waals surface area contributed by atoms with E-state index in [4.69, 9.17) is 10.6 Å². The van der Waals surface area contributed by atoms with E-state index in [-0.39, 0.29) is 19.0 Å². The number of primary amides is 1. The van der Waals surface area contributed by atoms with E-state index in [9.17, 15) is 19.4 Å². The molecule has 4 rings (SSSR count). The highest BCUT2D eigenvalue weighted by atomic mass is 19.1. The van der Waals surface area contributed by atoms with E-state index < -0.39 is 30.1 Å². The van der Waals surface area contributed by atoms with Crippen molar-refractivity contribution in [1.29, 1.82) is 0 Å². The van der Waals surface area contributed by atoms with Crippen molar-refractivity contribution in [3.05, 3.63) is 95.3 Å². The van der Waals surface area contributed by atoms with Gasteiger partial charge in [0.25, 0.3) is 0 Å². The van der Waals surface area contributed by atoms with Crippen molar-refractivity contribution in [2.45, 2.75) is 44.8 Å². The number of hydrogen-bond donors (Lipinski definition) is 4. The zero-order valence-corrected chi connectivity index (χ0v) is 24.0. The molecule has 1 heterocycles. The van der Waals surface area contributed by atoms with Gasteiger partial charge in [-0.1, -0.05) is 60.7 Å². The number of likely N-dealkylation sites (N-methyl/N-ethyl adjacent to an activating group) is 1. The first-order chi connectivity index (χ1) is 19.7. The molecule has 1 saturated heterocycles. The zero-order chi connectivity index (χ0) is 29.5.